The molecule has 0 unspecified atom stereocenters. The zero-order valence-corrected chi connectivity index (χ0v) is 7.49. The van der Waals surface area contributed by atoms with Gasteiger partial charge in [0.1, 0.15) is 0 Å². The van der Waals surface area contributed by atoms with Gasteiger partial charge in [-0.25, -0.2) is 8.42 Å². The molecule has 2 nitrogen and oxygen atoms in total. The Hall–Kier alpha value is -0.0500. The van der Waals surface area contributed by atoms with E-state index in [4.69, 9.17) is 0 Å². The Balaban J connectivity index is 2.37. The summed E-state index contributed by atoms with van der Waals surface area (Å²) in [6.07, 6.45) is 5.97. The molecule has 0 radical (unpaired) electrons. The van der Waals surface area contributed by atoms with Crippen molar-refractivity contribution in [3.8, 4) is 0 Å². The molecule has 1 heterocycles. The van der Waals surface area contributed by atoms with E-state index in [-0.39, 0.29) is 4.75 Å². The summed E-state index contributed by atoms with van der Waals surface area (Å²) >= 11 is 0. The van der Waals surface area contributed by atoms with Crippen molar-refractivity contribution in [3.63, 3.8) is 0 Å². The molecule has 1 saturated carbocycles. The zero-order chi connectivity index (χ0) is 7.95. The minimum Gasteiger partial charge on any atom is -0.228 e. The second-order valence-electron chi connectivity index (χ2n) is 3.81. The average molecular weight is 174 g/mol. The maximum atomic E-state index is 11.6. The van der Waals surface area contributed by atoms with Gasteiger partial charge in [-0.15, -0.1) is 0 Å². The average Bonchev–Trinajstić information content (AvgIpc) is 2.45. The molecule has 2 fully saturated rings. The molecule has 0 aromatic heterocycles. The first-order valence-corrected chi connectivity index (χ1v) is 6.04. The van der Waals surface area contributed by atoms with E-state index in [0.29, 0.717) is 5.75 Å². The molecule has 3 heteroatoms. The summed E-state index contributed by atoms with van der Waals surface area (Å²) < 4.78 is 22.9. The van der Waals surface area contributed by atoms with Crippen molar-refractivity contribution >= 4 is 9.84 Å². The van der Waals surface area contributed by atoms with E-state index in [1.807, 2.05) is 0 Å². The maximum Gasteiger partial charge on any atom is 0.156 e. The molecule has 0 amide bonds. The fourth-order valence-corrected chi connectivity index (χ4v) is 4.86. The van der Waals surface area contributed by atoms with E-state index < -0.39 is 9.84 Å². The first kappa shape index (κ1) is 7.59. The molecule has 1 saturated heterocycles. The third-order valence-corrected chi connectivity index (χ3v) is 5.98. The molecule has 0 aromatic carbocycles. The molecule has 64 valence electrons. The lowest BCUT2D eigenvalue weighted by Gasteiger charge is -2.20. The maximum absolute atomic E-state index is 11.6. The molecule has 2 rings (SSSR count). The molecule has 1 aliphatic carbocycles. The molecule has 1 aliphatic heterocycles. The summed E-state index contributed by atoms with van der Waals surface area (Å²) in [5.74, 6) is 0.451. The van der Waals surface area contributed by atoms with Crippen molar-refractivity contribution < 1.29 is 8.42 Å². The van der Waals surface area contributed by atoms with Crippen LogP contribution in [0.25, 0.3) is 0 Å². The standard InChI is InChI=1S/C8H14O2S/c9-11(10)7-3-6-8(11)4-1-2-5-8/h1-7H2. The Morgan fingerprint density at radius 1 is 0.909 bits per heavy atom. The van der Waals surface area contributed by atoms with Gasteiger partial charge in [-0.2, -0.15) is 0 Å². The SMILES string of the molecule is O=S1(=O)CCCC12CCCC2. The monoisotopic (exact) mass is 174 g/mol. The highest BCUT2D eigenvalue weighted by molar-refractivity contribution is 7.93. The molecule has 11 heavy (non-hydrogen) atoms. The number of rotatable bonds is 0. The zero-order valence-electron chi connectivity index (χ0n) is 6.67. The van der Waals surface area contributed by atoms with Gasteiger partial charge in [-0.05, 0) is 25.7 Å². The van der Waals surface area contributed by atoms with Crippen LogP contribution >= 0.6 is 0 Å². The van der Waals surface area contributed by atoms with Crippen LogP contribution < -0.4 is 0 Å². The number of sulfone groups is 1. The molecule has 0 aromatic rings. The van der Waals surface area contributed by atoms with Crippen molar-refractivity contribution in [2.24, 2.45) is 0 Å². The van der Waals surface area contributed by atoms with Crippen LogP contribution in [0.15, 0.2) is 0 Å². The fraction of sp³-hybridized carbons (Fsp3) is 1.00. The van der Waals surface area contributed by atoms with E-state index >= 15 is 0 Å². The van der Waals surface area contributed by atoms with E-state index in [2.05, 4.69) is 0 Å². The van der Waals surface area contributed by atoms with Crippen molar-refractivity contribution in [1.29, 1.82) is 0 Å². The Morgan fingerprint density at radius 3 is 1.91 bits per heavy atom. The molecule has 0 bridgehead atoms. The fourth-order valence-electron chi connectivity index (χ4n) is 2.54. The first-order chi connectivity index (χ1) is 5.16. The van der Waals surface area contributed by atoms with Crippen LogP contribution in [0.2, 0.25) is 0 Å². The minimum atomic E-state index is -2.69. The predicted molar refractivity (Wildman–Crippen MR) is 44.2 cm³/mol. The molecule has 2 aliphatic rings. The highest BCUT2D eigenvalue weighted by atomic mass is 32.2. The van der Waals surface area contributed by atoms with Gasteiger partial charge in [0, 0.05) is 0 Å². The Bertz CT molecular complexity index is 242. The molecule has 0 N–H and O–H groups in total. The quantitative estimate of drug-likeness (QED) is 0.558. The van der Waals surface area contributed by atoms with Crippen LogP contribution in [0, 0.1) is 0 Å². The van der Waals surface area contributed by atoms with Gasteiger partial charge in [-0.1, -0.05) is 12.8 Å². The van der Waals surface area contributed by atoms with Crippen molar-refractivity contribution in [2.45, 2.75) is 43.3 Å². The lowest BCUT2D eigenvalue weighted by molar-refractivity contribution is 0.517. The Kier molecular flexibility index (Phi) is 1.53. The summed E-state index contributed by atoms with van der Waals surface area (Å²) in [7, 11) is -2.69. The molecule has 1 spiro atoms. The smallest absolute Gasteiger partial charge is 0.156 e. The van der Waals surface area contributed by atoms with Gasteiger partial charge in [0.2, 0.25) is 0 Å². The van der Waals surface area contributed by atoms with E-state index in [0.717, 1.165) is 38.5 Å². The number of hydrogen-bond donors (Lipinski definition) is 0. The number of hydrogen-bond acceptors (Lipinski definition) is 2. The van der Waals surface area contributed by atoms with Gasteiger partial charge < -0.3 is 0 Å². The summed E-state index contributed by atoms with van der Waals surface area (Å²) in [4.78, 5) is 0. The van der Waals surface area contributed by atoms with Gasteiger partial charge in [0.15, 0.2) is 9.84 Å². The van der Waals surface area contributed by atoms with Crippen molar-refractivity contribution in [2.75, 3.05) is 5.75 Å². The Labute approximate surface area is 67.9 Å². The topological polar surface area (TPSA) is 34.1 Å². The minimum absolute atomic E-state index is 0.243. The van der Waals surface area contributed by atoms with Gasteiger partial charge in [0.05, 0.1) is 10.5 Å². The van der Waals surface area contributed by atoms with Gasteiger partial charge in [-0.3, -0.25) is 0 Å². The summed E-state index contributed by atoms with van der Waals surface area (Å²) in [6, 6.07) is 0. The second kappa shape index (κ2) is 2.22. The normalized spacial score (nSPS) is 33.1. The van der Waals surface area contributed by atoms with Crippen LogP contribution in [-0.4, -0.2) is 18.9 Å². The highest BCUT2D eigenvalue weighted by Crippen LogP contribution is 2.45. The third-order valence-electron chi connectivity index (χ3n) is 3.22. The second-order valence-corrected chi connectivity index (χ2v) is 6.32. The van der Waals surface area contributed by atoms with Crippen LogP contribution in [-0.2, 0) is 9.84 Å². The van der Waals surface area contributed by atoms with Gasteiger partial charge in [0.25, 0.3) is 0 Å². The van der Waals surface area contributed by atoms with Crippen molar-refractivity contribution in [1.82, 2.24) is 0 Å². The van der Waals surface area contributed by atoms with Crippen LogP contribution in [0.5, 0.6) is 0 Å². The summed E-state index contributed by atoms with van der Waals surface area (Å²) in [5.41, 5.74) is 0. The van der Waals surface area contributed by atoms with E-state index in [9.17, 15) is 8.42 Å². The molecular formula is C8H14O2S. The van der Waals surface area contributed by atoms with E-state index in [1.165, 1.54) is 0 Å². The van der Waals surface area contributed by atoms with E-state index in [1.54, 1.807) is 0 Å². The van der Waals surface area contributed by atoms with Crippen molar-refractivity contribution in [3.05, 3.63) is 0 Å². The van der Waals surface area contributed by atoms with Gasteiger partial charge >= 0.3 is 0 Å². The lowest BCUT2D eigenvalue weighted by atomic mass is 10.0. The molecule has 0 atom stereocenters. The van der Waals surface area contributed by atoms with Crippen LogP contribution in [0.3, 0.4) is 0 Å². The largest absolute Gasteiger partial charge is 0.228 e. The predicted octanol–water partition coefficient (Wildman–Crippen LogP) is 1.51. The first-order valence-electron chi connectivity index (χ1n) is 4.39. The Morgan fingerprint density at radius 2 is 1.45 bits per heavy atom. The highest BCUT2D eigenvalue weighted by Gasteiger charge is 2.48. The lowest BCUT2D eigenvalue weighted by Crippen LogP contribution is -2.30. The van der Waals surface area contributed by atoms with Crippen LogP contribution in [0.1, 0.15) is 38.5 Å². The molecular weight excluding hydrogens is 160 g/mol. The summed E-state index contributed by atoms with van der Waals surface area (Å²) in [5, 5.41) is 0. The third kappa shape index (κ3) is 0.934. The summed E-state index contributed by atoms with van der Waals surface area (Å²) in [6.45, 7) is 0. The van der Waals surface area contributed by atoms with Crippen LogP contribution in [0.4, 0.5) is 0 Å².